The summed E-state index contributed by atoms with van der Waals surface area (Å²) in [6.07, 6.45) is 0. The van der Waals surface area contributed by atoms with Crippen LogP contribution in [0, 0.1) is 13.8 Å². The number of hydrogen-bond donors (Lipinski definition) is 2. The molecule has 1 rings (SSSR count). The largest absolute Gasteiger partial charge is 0.326 e. The summed E-state index contributed by atoms with van der Waals surface area (Å²) < 4.78 is 27.7. The standard InChI is InChI=1S/C14H24N2O2S2/c1-5-19-9-11(3)16-20(17,18)14-7-13(8-15)6-10(2)12(14)4/h6-7,11,16H,5,8-9,15H2,1-4H3. The molecule has 0 radical (unpaired) electrons. The molecule has 0 aliphatic rings. The van der Waals surface area contributed by atoms with Crippen LogP contribution < -0.4 is 10.5 Å². The number of nitrogens with two attached hydrogens (primary N) is 1. The molecule has 0 bridgehead atoms. The highest BCUT2D eigenvalue weighted by Crippen LogP contribution is 2.21. The maximum absolute atomic E-state index is 12.5. The van der Waals surface area contributed by atoms with E-state index in [2.05, 4.69) is 11.6 Å². The van der Waals surface area contributed by atoms with E-state index >= 15 is 0 Å². The molecule has 1 aromatic rings. The van der Waals surface area contributed by atoms with Gasteiger partial charge in [0.25, 0.3) is 0 Å². The first-order valence-electron chi connectivity index (χ1n) is 6.72. The van der Waals surface area contributed by atoms with Crippen molar-refractivity contribution in [1.82, 2.24) is 4.72 Å². The fourth-order valence-corrected chi connectivity index (χ4v) is 4.34. The SMILES string of the molecule is CCSCC(C)NS(=O)(=O)c1cc(CN)cc(C)c1C. The smallest absolute Gasteiger partial charge is 0.241 e. The molecule has 114 valence electrons. The Hall–Kier alpha value is -0.560. The lowest BCUT2D eigenvalue weighted by Gasteiger charge is -2.17. The third-order valence-corrected chi connectivity index (χ3v) is 5.99. The van der Waals surface area contributed by atoms with Gasteiger partial charge in [-0.15, -0.1) is 0 Å². The van der Waals surface area contributed by atoms with Crippen LogP contribution in [0.5, 0.6) is 0 Å². The molecule has 0 saturated carbocycles. The van der Waals surface area contributed by atoms with Gasteiger partial charge in [0, 0.05) is 18.3 Å². The van der Waals surface area contributed by atoms with Crippen LogP contribution in [0.3, 0.4) is 0 Å². The number of sulfonamides is 1. The van der Waals surface area contributed by atoms with Gasteiger partial charge in [-0.05, 0) is 49.3 Å². The van der Waals surface area contributed by atoms with E-state index in [4.69, 9.17) is 5.73 Å². The highest BCUT2D eigenvalue weighted by molar-refractivity contribution is 7.99. The van der Waals surface area contributed by atoms with Crippen molar-refractivity contribution in [2.24, 2.45) is 5.73 Å². The molecule has 0 aliphatic heterocycles. The average Bonchev–Trinajstić information content (AvgIpc) is 2.38. The van der Waals surface area contributed by atoms with Crippen LogP contribution in [0.2, 0.25) is 0 Å². The molecule has 1 atom stereocenters. The minimum absolute atomic E-state index is 0.0915. The minimum atomic E-state index is -3.49. The molecular formula is C14H24N2O2S2. The lowest BCUT2D eigenvalue weighted by Crippen LogP contribution is -2.34. The average molecular weight is 316 g/mol. The van der Waals surface area contributed by atoms with Crippen molar-refractivity contribution in [2.45, 2.75) is 45.2 Å². The second-order valence-electron chi connectivity index (χ2n) is 4.92. The van der Waals surface area contributed by atoms with Gasteiger partial charge < -0.3 is 5.73 Å². The molecule has 0 saturated heterocycles. The van der Waals surface area contributed by atoms with Gasteiger partial charge in [-0.3, -0.25) is 0 Å². The zero-order valence-electron chi connectivity index (χ0n) is 12.6. The zero-order valence-corrected chi connectivity index (χ0v) is 14.2. The Bertz CT molecular complexity index is 557. The predicted octanol–water partition coefficient (Wildman–Crippen LogP) is 2.18. The second-order valence-corrected chi connectivity index (χ2v) is 7.92. The van der Waals surface area contributed by atoms with Crippen molar-refractivity contribution < 1.29 is 8.42 Å². The van der Waals surface area contributed by atoms with Crippen molar-refractivity contribution in [3.8, 4) is 0 Å². The fraction of sp³-hybridized carbons (Fsp3) is 0.571. The summed E-state index contributed by atoms with van der Waals surface area (Å²) in [5.74, 6) is 1.75. The molecule has 0 amide bonds. The molecule has 1 aromatic carbocycles. The zero-order chi connectivity index (χ0) is 15.3. The molecule has 0 aliphatic carbocycles. The van der Waals surface area contributed by atoms with Crippen LogP contribution in [0.25, 0.3) is 0 Å². The summed E-state index contributed by atoms with van der Waals surface area (Å²) >= 11 is 1.72. The van der Waals surface area contributed by atoms with Gasteiger partial charge >= 0.3 is 0 Å². The van der Waals surface area contributed by atoms with Gasteiger partial charge in [0.2, 0.25) is 10.0 Å². The Morgan fingerprint density at radius 1 is 1.35 bits per heavy atom. The molecule has 20 heavy (non-hydrogen) atoms. The van der Waals surface area contributed by atoms with E-state index in [0.717, 1.165) is 28.2 Å². The van der Waals surface area contributed by atoms with Crippen LogP contribution in [0.15, 0.2) is 17.0 Å². The maximum Gasteiger partial charge on any atom is 0.241 e. The van der Waals surface area contributed by atoms with E-state index in [1.165, 1.54) is 0 Å². The Morgan fingerprint density at radius 3 is 2.55 bits per heavy atom. The number of thioether (sulfide) groups is 1. The summed E-state index contributed by atoms with van der Waals surface area (Å²) in [7, 11) is -3.49. The Morgan fingerprint density at radius 2 is 2.00 bits per heavy atom. The van der Waals surface area contributed by atoms with Crippen LogP contribution in [0.1, 0.15) is 30.5 Å². The van der Waals surface area contributed by atoms with Gasteiger partial charge in [-0.25, -0.2) is 13.1 Å². The predicted molar refractivity (Wildman–Crippen MR) is 86.6 cm³/mol. The first-order valence-corrected chi connectivity index (χ1v) is 9.35. The van der Waals surface area contributed by atoms with Crippen LogP contribution in [-0.2, 0) is 16.6 Å². The third-order valence-electron chi connectivity index (χ3n) is 3.13. The molecule has 4 nitrogen and oxygen atoms in total. The number of rotatable bonds is 7. The second kappa shape index (κ2) is 7.45. The quantitative estimate of drug-likeness (QED) is 0.809. The molecule has 1 unspecified atom stereocenters. The van der Waals surface area contributed by atoms with Gasteiger partial charge in [-0.1, -0.05) is 13.0 Å². The summed E-state index contributed by atoms with van der Waals surface area (Å²) in [6.45, 7) is 8.02. The van der Waals surface area contributed by atoms with E-state index in [1.807, 2.05) is 26.8 Å². The lowest BCUT2D eigenvalue weighted by molar-refractivity contribution is 0.570. The molecule has 3 N–H and O–H groups in total. The van der Waals surface area contributed by atoms with Crippen molar-refractivity contribution in [3.63, 3.8) is 0 Å². The van der Waals surface area contributed by atoms with Gasteiger partial charge in [0.1, 0.15) is 0 Å². The van der Waals surface area contributed by atoms with E-state index in [9.17, 15) is 8.42 Å². The Balaban J connectivity index is 3.06. The lowest BCUT2D eigenvalue weighted by atomic mass is 10.1. The monoisotopic (exact) mass is 316 g/mol. The van der Waals surface area contributed by atoms with E-state index < -0.39 is 10.0 Å². The van der Waals surface area contributed by atoms with Crippen LogP contribution in [-0.4, -0.2) is 26.0 Å². The summed E-state index contributed by atoms with van der Waals surface area (Å²) in [4.78, 5) is 0.339. The number of aryl methyl sites for hydroxylation is 1. The highest BCUT2D eigenvalue weighted by atomic mass is 32.2. The van der Waals surface area contributed by atoms with Crippen molar-refractivity contribution in [3.05, 3.63) is 28.8 Å². The van der Waals surface area contributed by atoms with Gasteiger partial charge in [-0.2, -0.15) is 11.8 Å². The number of nitrogens with one attached hydrogen (secondary N) is 1. The first-order chi connectivity index (χ1) is 9.31. The molecule has 0 heterocycles. The minimum Gasteiger partial charge on any atom is -0.326 e. The van der Waals surface area contributed by atoms with Crippen LogP contribution in [0.4, 0.5) is 0 Å². The fourth-order valence-electron chi connectivity index (χ4n) is 1.95. The number of benzene rings is 1. The Kier molecular flexibility index (Phi) is 6.51. The number of hydrogen-bond acceptors (Lipinski definition) is 4. The molecular weight excluding hydrogens is 292 g/mol. The third kappa shape index (κ3) is 4.48. The summed E-state index contributed by atoms with van der Waals surface area (Å²) in [5, 5.41) is 0. The van der Waals surface area contributed by atoms with Crippen molar-refractivity contribution in [2.75, 3.05) is 11.5 Å². The maximum atomic E-state index is 12.5. The topological polar surface area (TPSA) is 72.2 Å². The first kappa shape index (κ1) is 17.5. The molecule has 6 heteroatoms. The Labute approximate surface area is 126 Å². The molecule has 0 spiro atoms. The van der Waals surface area contributed by atoms with E-state index in [1.54, 1.807) is 17.8 Å². The highest BCUT2D eigenvalue weighted by Gasteiger charge is 2.21. The molecule has 0 fully saturated rings. The summed E-state index contributed by atoms with van der Waals surface area (Å²) in [5.41, 5.74) is 8.20. The molecule has 0 aromatic heterocycles. The van der Waals surface area contributed by atoms with E-state index in [-0.39, 0.29) is 6.04 Å². The summed E-state index contributed by atoms with van der Waals surface area (Å²) in [6, 6.07) is 3.51. The van der Waals surface area contributed by atoms with E-state index in [0.29, 0.717) is 11.4 Å². The van der Waals surface area contributed by atoms with Crippen molar-refractivity contribution >= 4 is 21.8 Å². The van der Waals surface area contributed by atoms with Gasteiger partial charge in [0.15, 0.2) is 0 Å². The van der Waals surface area contributed by atoms with Gasteiger partial charge in [0.05, 0.1) is 4.90 Å². The van der Waals surface area contributed by atoms with Crippen LogP contribution >= 0.6 is 11.8 Å². The normalized spacial score (nSPS) is 13.4. The van der Waals surface area contributed by atoms with Crippen molar-refractivity contribution in [1.29, 1.82) is 0 Å².